The molecule has 0 fully saturated rings. The molecule has 4 aromatic rings. The number of aromatic nitrogens is 3. The van der Waals surface area contributed by atoms with Gasteiger partial charge in [0, 0.05) is 5.02 Å². The second-order valence-electron chi connectivity index (χ2n) is 6.57. The van der Waals surface area contributed by atoms with Crippen LogP contribution in [0.4, 0.5) is 5.69 Å². The lowest BCUT2D eigenvalue weighted by Gasteiger charge is -2.13. The van der Waals surface area contributed by atoms with E-state index in [1.807, 2.05) is 13.0 Å². The first-order valence-electron chi connectivity index (χ1n) is 9.12. The van der Waals surface area contributed by atoms with E-state index in [0.717, 1.165) is 5.56 Å². The van der Waals surface area contributed by atoms with E-state index in [2.05, 4.69) is 20.3 Å². The number of amides is 1. The van der Waals surface area contributed by atoms with Crippen LogP contribution in [0.2, 0.25) is 5.02 Å². The van der Waals surface area contributed by atoms with Crippen LogP contribution in [0.5, 0.6) is 11.6 Å². The molecule has 2 heterocycles. The van der Waals surface area contributed by atoms with Crippen LogP contribution in [-0.4, -0.2) is 31.9 Å². The number of benzene rings is 2. The number of fused-ring (bicyclic) bond motifs is 1. The maximum Gasteiger partial charge on any atom is 0.354 e. The molecule has 2 aromatic carbocycles. The molecule has 154 valence electrons. The highest BCUT2D eigenvalue weighted by atomic mass is 35.5. The molecule has 0 aliphatic heterocycles. The summed E-state index contributed by atoms with van der Waals surface area (Å²) >= 11 is 6.01. The fourth-order valence-electron chi connectivity index (χ4n) is 2.82. The molecule has 4 rings (SSSR count). The lowest BCUT2D eigenvalue weighted by atomic mass is 10.2. The van der Waals surface area contributed by atoms with Crippen molar-refractivity contribution in [1.82, 2.24) is 15.0 Å². The number of hydrogen-bond acceptors (Lipinski definition) is 6. The van der Waals surface area contributed by atoms with Crippen molar-refractivity contribution >= 4 is 40.2 Å². The van der Waals surface area contributed by atoms with Crippen LogP contribution < -0.4 is 10.1 Å². The number of aromatic carboxylic acids is 1. The van der Waals surface area contributed by atoms with Crippen LogP contribution in [0.15, 0.2) is 60.8 Å². The molecular formula is C22H15ClN4O4. The number of rotatable bonds is 5. The van der Waals surface area contributed by atoms with Crippen molar-refractivity contribution in [2.45, 2.75) is 6.92 Å². The smallest absolute Gasteiger partial charge is 0.354 e. The first-order chi connectivity index (χ1) is 14.9. The number of carbonyl (C=O) groups excluding carboxylic acids is 1. The van der Waals surface area contributed by atoms with Gasteiger partial charge in [0.1, 0.15) is 11.4 Å². The summed E-state index contributed by atoms with van der Waals surface area (Å²) in [6, 6.07) is 14.9. The number of anilines is 1. The monoisotopic (exact) mass is 434 g/mol. The van der Waals surface area contributed by atoms with E-state index in [1.54, 1.807) is 36.4 Å². The van der Waals surface area contributed by atoms with Gasteiger partial charge in [-0.1, -0.05) is 23.7 Å². The minimum Gasteiger partial charge on any atom is -0.477 e. The van der Waals surface area contributed by atoms with Crippen LogP contribution >= 0.6 is 11.6 Å². The van der Waals surface area contributed by atoms with Crippen LogP contribution in [0.25, 0.3) is 11.0 Å². The zero-order valence-corrected chi connectivity index (χ0v) is 16.9. The van der Waals surface area contributed by atoms with E-state index in [9.17, 15) is 9.59 Å². The molecule has 8 nitrogen and oxygen atoms in total. The predicted octanol–water partition coefficient (Wildman–Crippen LogP) is 4.73. The van der Waals surface area contributed by atoms with Crippen LogP contribution in [0.3, 0.4) is 0 Å². The highest BCUT2D eigenvalue weighted by Crippen LogP contribution is 2.29. The number of nitrogens with zero attached hydrogens (tertiary/aromatic N) is 3. The normalized spacial score (nSPS) is 10.6. The van der Waals surface area contributed by atoms with Crippen LogP contribution in [-0.2, 0) is 0 Å². The Morgan fingerprint density at radius 3 is 2.42 bits per heavy atom. The summed E-state index contributed by atoms with van der Waals surface area (Å²) in [5.74, 6) is -1.23. The third kappa shape index (κ3) is 4.44. The lowest BCUT2D eigenvalue weighted by Crippen LogP contribution is -2.16. The maximum absolute atomic E-state index is 13.0. The number of carboxylic acids is 1. The average Bonchev–Trinajstić information content (AvgIpc) is 2.75. The van der Waals surface area contributed by atoms with Crippen molar-refractivity contribution in [3.05, 3.63) is 82.8 Å². The summed E-state index contributed by atoms with van der Waals surface area (Å²) in [5.41, 5.74) is 1.99. The molecule has 0 saturated heterocycles. The number of pyridine rings is 1. The Morgan fingerprint density at radius 2 is 1.77 bits per heavy atom. The molecule has 0 radical (unpaired) electrons. The van der Waals surface area contributed by atoms with E-state index in [0.29, 0.717) is 27.5 Å². The van der Waals surface area contributed by atoms with E-state index in [4.69, 9.17) is 21.4 Å². The molecule has 0 bridgehead atoms. The molecular weight excluding hydrogens is 420 g/mol. The highest BCUT2D eigenvalue weighted by molar-refractivity contribution is 6.30. The number of aryl methyl sites for hydroxylation is 1. The van der Waals surface area contributed by atoms with Gasteiger partial charge in [0.15, 0.2) is 5.69 Å². The van der Waals surface area contributed by atoms with E-state index in [1.165, 1.54) is 18.3 Å². The summed E-state index contributed by atoms with van der Waals surface area (Å²) in [4.78, 5) is 36.6. The Hall–Kier alpha value is -4.04. The van der Waals surface area contributed by atoms with Gasteiger partial charge < -0.3 is 15.2 Å². The maximum atomic E-state index is 13.0. The Morgan fingerprint density at radius 1 is 1.03 bits per heavy atom. The Bertz CT molecular complexity index is 1310. The zero-order valence-electron chi connectivity index (χ0n) is 16.2. The highest BCUT2D eigenvalue weighted by Gasteiger charge is 2.20. The van der Waals surface area contributed by atoms with Crippen molar-refractivity contribution in [1.29, 1.82) is 0 Å². The lowest BCUT2D eigenvalue weighted by molar-refractivity contribution is 0.0690. The SMILES string of the molecule is Cc1cc(Cl)ccc1Oc1nc2ccccc2nc1C(=O)Nc1ccc(C(=O)O)nc1. The third-order valence-electron chi connectivity index (χ3n) is 4.34. The van der Waals surface area contributed by atoms with E-state index in [-0.39, 0.29) is 17.3 Å². The fraction of sp³-hybridized carbons (Fsp3) is 0.0455. The van der Waals surface area contributed by atoms with Crippen molar-refractivity contribution in [3.8, 4) is 11.6 Å². The number of carbonyl (C=O) groups is 2. The standard InChI is InChI=1S/C22H15ClN4O4/c1-12-10-13(23)6-9-18(12)31-21-19(26-15-4-2-3-5-16(15)27-21)20(28)25-14-7-8-17(22(29)30)24-11-14/h2-11H,1H3,(H,25,28)(H,29,30). The van der Waals surface area contributed by atoms with Gasteiger partial charge in [-0.2, -0.15) is 0 Å². The molecule has 0 aliphatic rings. The molecule has 2 N–H and O–H groups in total. The van der Waals surface area contributed by atoms with Gasteiger partial charge in [0.05, 0.1) is 22.9 Å². The Kier molecular flexibility index (Phi) is 5.46. The molecule has 0 spiro atoms. The molecule has 1 amide bonds. The third-order valence-corrected chi connectivity index (χ3v) is 4.57. The molecule has 0 aliphatic carbocycles. The van der Waals surface area contributed by atoms with Gasteiger partial charge in [-0.25, -0.2) is 19.7 Å². The summed E-state index contributed by atoms with van der Waals surface area (Å²) in [6.07, 6.45) is 1.25. The minimum absolute atomic E-state index is 0.0248. The second-order valence-corrected chi connectivity index (χ2v) is 7.01. The van der Waals surface area contributed by atoms with Gasteiger partial charge in [0.2, 0.25) is 0 Å². The number of halogens is 1. The quantitative estimate of drug-likeness (QED) is 0.466. The van der Waals surface area contributed by atoms with Gasteiger partial charge in [-0.05, 0) is 55.0 Å². The van der Waals surface area contributed by atoms with E-state index >= 15 is 0 Å². The summed E-state index contributed by atoms with van der Waals surface area (Å²) in [5, 5.41) is 12.2. The van der Waals surface area contributed by atoms with Crippen molar-refractivity contribution in [2.24, 2.45) is 0 Å². The summed E-state index contributed by atoms with van der Waals surface area (Å²) in [6.45, 7) is 1.82. The topological polar surface area (TPSA) is 114 Å². The largest absolute Gasteiger partial charge is 0.477 e. The molecule has 0 atom stereocenters. The van der Waals surface area contributed by atoms with Gasteiger partial charge in [-0.3, -0.25) is 4.79 Å². The average molecular weight is 435 g/mol. The first-order valence-corrected chi connectivity index (χ1v) is 9.50. The Balaban J connectivity index is 1.71. The zero-order chi connectivity index (χ0) is 22.0. The minimum atomic E-state index is -1.16. The first kappa shape index (κ1) is 20.2. The fourth-order valence-corrected chi connectivity index (χ4v) is 3.05. The Labute approximate surface area is 181 Å². The summed E-state index contributed by atoms with van der Waals surface area (Å²) in [7, 11) is 0. The number of ether oxygens (including phenoxy) is 1. The van der Waals surface area contributed by atoms with Gasteiger partial charge >= 0.3 is 5.97 Å². The molecule has 0 saturated carbocycles. The van der Waals surface area contributed by atoms with Crippen LogP contribution in [0, 0.1) is 6.92 Å². The van der Waals surface area contributed by atoms with Crippen molar-refractivity contribution in [2.75, 3.05) is 5.32 Å². The second kappa shape index (κ2) is 8.37. The number of para-hydroxylation sites is 2. The molecule has 31 heavy (non-hydrogen) atoms. The summed E-state index contributed by atoms with van der Waals surface area (Å²) < 4.78 is 5.93. The van der Waals surface area contributed by atoms with Crippen LogP contribution in [0.1, 0.15) is 26.5 Å². The van der Waals surface area contributed by atoms with Gasteiger partial charge in [-0.15, -0.1) is 0 Å². The number of hydrogen-bond donors (Lipinski definition) is 2. The predicted molar refractivity (Wildman–Crippen MR) is 115 cm³/mol. The van der Waals surface area contributed by atoms with Crippen molar-refractivity contribution < 1.29 is 19.4 Å². The molecule has 9 heteroatoms. The number of carboxylic acid groups (broad SMARTS) is 1. The van der Waals surface area contributed by atoms with E-state index < -0.39 is 11.9 Å². The molecule has 2 aromatic heterocycles. The van der Waals surface area contributed by atoms with Crippen molar-refractivity contribution in [3.63, 3.8) is 0 Å². The number of nitrogens with one attached hydrogen (secondary N) is 1. The molecule has 0 unspecified atom stereocenters. The van der Waals surface area contributed by atoms with Gasteiger partial charge in [0.25, 0.3) is 11.8 Å².